The molecule has 0 bridgehead atoms. The lowest BCUT2D eigenvalue weighted by atomic mass is 9.91. The second-order valence-corrected chi connectivity index (χ2v) is 14.2. The molecule has 0 unspecified atom stereocenters. The predicted octanol–water partition coefficient (Wildman–Crippen LogP) is 14.3. The molecule has 0 aliphatic heterocycles. The first kappa shape index (κ1) is 36.5. The minimum atomic E-state index is -6.01. The summed E-state index contributed by atoms with van der Waals surface area (Å²) in [4.78, 5) is -0.245. The molecular weight excluding hydrogens is 761 g/mol. The number of allylic oxidation sites excluding steroid dienone is 2. The lowest BCUT2D eigenvalue weighted by Gasteiger charge is -2.26. The van der Waals surface area contributed by atoms with Gasteiger partial charge in [-0.25, -0.2) is 0 Å². The smallest absolute Gasteiger partial charge is 0.194 e. The van der Waals surface area contributed by atoms with Gasteiger partial charge < -0.3 is 0 Å². The monoisotopic (exact) mass is 780 g/mol. The number of benzene rings is 4. The van der Waals surface area contributed by atoms with Gasteiger partial charge in [-0.05, 0) is 58.7 Å². The Balaban J connectivity index is 1.56. The van der Waals surface area contributed by atoms with E-state index in [1.54, 1.807) is 60.7 Å². The van der Waals surface area contributed by atoms with E-state index in [9.17, 15) is 26.3 Å². The van der Waals surface area contributed by atoms with Crippen molar-refractivity contribution in [2.45, 2.75) is 30.1 Å². The molecule has 0 spiro atoms. The molecule has 0 saturated heterocycles. The van der Waals surface area contributed by atoms with Crippen LogP contribution >= 0.6 is 22.7 Å². The van der Waals surface area contributed by atoms with E-state index in [-0.39, 0.29) is 30.6 Å². The van der Waals surface area contributed by atoms with Crippen molar-refractivity contribution in [2.75, 3.05) is 0 Å². The van der Waals surface area contributed by atoms with E-state index < -0.39 is 63.5 Å². The van der Waals surface area contributed by atoms with Gasteiger partial charge in [-0.2, -0.15) is 52.7 Å². The summed E-state index contributed by atoms with van der Waals surface area (Å²) in [6.07, 6.45) is -9.57. The molecule has 2 heterocycles. The Morgan fingerprint density at radius 1 is 0.396 bits per heavy atom. The van der Waals surface area contributed by atoms with Crippen LogP contribution in [0, 0.1) is 0 Å². The van der Waals surface area contributed by atoms with Gasteiger partial charge in [-0.1, -0.05) is 84.9 Å². The second-order valence-electron chi connectivity index (χ2n) is 12.1. The van der Waals surface area contributed by atoms with Gasteiger partial charge in [0.05, 0.1) is 11.1 Å². The number of alkyl halides is 12. The zero-order chi connectivity index (χ0) is 38.1. The molecule has 4 aromatic carbocycles. The average molecular weight is 781 g/mol. The Morgan fingerprint density at radius 3 is 1.02 bits per heavy atom. The fourth-order valence-electron chi connectivity index (χ4n) is 6.13. The highest BCUT2D eigenvalue weighted by Gasteiger charge is 2.80. The quantitative estimate of drug-likeness (QED) is 0.148. The van der Waals surface area contributed by atoms with Crippen LogP contribution in [-0.2, 0) is 12.4 Å². The van der Waals surface area contributed by atoms with Crippen LogP contribution in [0.15, 0.2) is 121 Å². The molecule has 0 saturated carbocycles. The summed E-state index contributed by atoms with van der Waals surface area (Å²) in [6, 6.07) is 24.2. The van der Waals surface area contributed by atoms with E-state index in [1.807, 2.05) is 0 Å². The number of hydrogen-bond acceptors (Lipinski definition) is 2. The zero-order valence-corrected chi connectivity index (χ0v) is 28.0. The molecule has 2 aromatic heterocycles. The molecule has 14 heteroatoms. The summed E-state index contributed by atoms with van der Waals surface area (Å²) in [6.45, 7) is 0. The first-order valence-corrected chi connectivity index (χ1v) is 17.1. The summed E-state index contributed by atoms with van der Waals surface area (Å²) >= 11 is 1.46. The highest BCUT2D eigenvalue weighted by atomic mass is 32.1. The van der Waals surface area contributed by atoms with Crippen molar-refractivity contribution in [1.82, 2.24) is 0 Å². The van der Waals surface area contributed by atoms with Crippen molar-refractivity contribution in [3.8, 4) is 41.8 Å². The fraction of sp³-hybridized carbons (Fsp3) is 0.128. The van der Waals surface area contributed by atoms with Gasteiger partial charge >= 0.3 is 30.1 Å². The van der Waals surface area contributed by atoms with Gasteiger partial charge in [0.15, 0.2) is 0 Å². The van der Waals surface area contributed by atoms with Crippen LogP contribution in [0.2, 0.25) is 0 Å². The molecule has 6 aromatic rings. The molecule has 7 rings (SSSR count). The van der Waals surface area contributed by atoms with Crippen molar-refractivity contribution in [1.29, 1.82) is 0 Å². The van der Waals surface area contributed by atoms with Gasteiger partial charge in [0.25, 0.3) is 0 Å². The molecule has 1 aliphatic carbocycles. The third-order valence-corrected chi connectivity index (χ3v) is 11.2. The number of rotatable bonds is 6. The highest BCUT2D eigenvalue weighted by molar-refractivity contribution is 7.19. The minimum absolute atomic E-state index is 0.139. The molecule has 0 nitrogen and oxygen atoms in total. The predicted molar refractivity (Wildman–Crippen MR) is 182 cm³/mol. The lowest BCUT2D eigenvalue weighted by Crippen LogP contribution is -2.48. The molecule has 0 radical (unpaired) electrons. The van der Waals surface area contributed by atoms with Crippen LogP contribution < -0.4 is 0 Å². The first-order chi connectivity index (χ1) is 24.8. The normalized spacial score (nSPS) is 16.7. The fourth-order valence-corrected chi connectivity index (χ4v) is 8.48. The van der Waals surface area contributed by atoms with Crippen molar-refractivity contribution in [3.63, 3.8) is 0 Å². The number of halogens is 12. The molecule has 0 N–H and O–H groups in total. The van der Waals surface area contributed by atoms with Gasteiger partial charge in [-0.15, -0.1) is 22.7 Å². The van der Waals surface area contributed by atoms with Gasteiger partial charge in [-0.3, -0.25) is 0 Å². The van der Waals surface area contributed by atoms with Crippen LogP contribution in [0.1, 0.15) is 22.3 Å². The van der Waals surface area contributed by atoms with Crippen LogP contribution in [0.3, 0.4) is 0 Å². The van der Waals surface area contributed by atoms with E-state index in [2.05, 4.69) is 0 Å². The van der Waals surface area contributed by atoms with E-state index in [0.717, 1.165) is 59.1 Å². The Kier molecular flexibility index (Phi) is 8.72. The van der Waals surface area contributed by atoms with Gasteiger partial charge in [0, 0.05) is 41.8 Å². The van der Waals surface area contributed by atoms with Crippen LogP contribution in [0.4, 0.5) is 52.7 Å². The Bertz CT molecular complexity index is 2150. The van der Waals surface area contributed by atoms with Crippen molar-refractivity contribution >= 4 is 33.8 Å². The first-order valence-electron chi connectivity index (χ1n) is 15.5. The second kappa shape index (κ2) is 12.7. The average Bonchev–Trinajstić information content (AvgIpc) is 3.78. The van der Waals surface area contributed by atoms with E-state index in [1.165, 1.54) is 0 Å². The van der Waals surface area contributed by atoms with Crippen molar-refractivity contribution < 1.29 is 52.7 Å². The largest absolute Gasteiger partial charge is 0.416 e. The zero-order valence-electron chi connectivity index (χ0n) is 26.4. The Labute approximate surface area is 301 Å². The van der Waals surface area contributed by atoms with Gasteiger partial charge in [0.1, 0.15) is 0 Å². The number of thiophene rings is 2. The van der Waals surface area contributed by atoms with Gasteiger partial charge in [0.2, 0.25) is 0 Å². The summed E-state index contributed by atoms with van der Waals surface area (Å²) in [5, 5.41) is 0. The van der Waals surface area contributed by atoms with Crippen LogP contribution in [0.25, 0.3) is 52.9 Å². The standard InChI is InChI=1S/C39H20F12S2/c40-35(41)31(27-19-29(21-7-3-1-4-8-21)52-33(27)23-11-15-25(16-12-23)37(44,45)46)32(36(42,43)39(35,50)51)28-20-30(22-9-5-2-6-10-22)53-34(28)24-13-17-26(18-14-24)38(47,48)49/h1-20H. The van der Waals surface area contributed by atoms with E-state index in [0.29, 0.717) is 35.4 Å². The summed E-state index contributed by atoms with van der Waals surface area (Å²) in [5.74, 6) is -17.1. The Hall–Kier alpha value is -4.82. The molecule has 0 atom stereocenters. The van der Waals surface area contributed by atoms with Crippen molar-refractivity contribution in [3.05, 3.63) is 144 Å². The third-order valence-electron chi connectivity index (χ3n) is 8.73. The molecular formula is C39H20F12S2. The number of hydrogen-bond donors (Lipinski definition) is 0. The topological polar surface area (TPSA) is 0 Å². The summed E-state index contributed by atoms with van der Waals surface area (Å²) in [5.41, 5.74) is -6.76. The third kappa shape index (κ3) is 6.15. The maximum Gasteiger partial charge on any atom is 0.416 e. The molecule has 272 valence electrons. The maximum absolute atomic E-state index is 16.3. The van der Waals surface area contributed by atoms with Crippen LogP contribution in [-0.4, -0.2) is 17.8 Å². The molecule has 0 amide bonds. The SMILES string of the molecule is FC(F)(F)c1ccc(-c2sc(-c3ccccc3)cc2C2=C(c3cc(-c4ccccc4)sc3-c3ccc(C(F)(F)F)cc3)C(F)(F)C(F)(F)C2(F)F)cc1. The van der Waals surface area contributed by atoms with E-state index in [4.69, 9.17) is 0 Å². The van der Waals surface area contributed by atoms with Crippen LogP contribution in [0.5, 0.6) is 0 Å². The van der Waals surface area contributed by atoms with Crippen molar-refractivity contribution in [2.24, 2.45) is 0 Å². The molecule has 0 fully saturated rings. The maximum atomic E-state index is 16.3. The summed E-state index contributed by atoms with van der Waals surface area (Å²) in [7, 11) is 0. The lowest BCUT2D eigenvalue weighted by molar-refractivity contribution is -0.254. The van der Waals surface area contributed by atoms with E-state index >= 15 is 26.3 Å². The molecule has 53 heavy (non-hydrogen) atoms. The minimum Gasteiger partial charge on any atom is -0.194 e. The Morgan fingerprint density at radius 2 is 0.717 bits per heavy atom. The molecule has 1 aliphatic rings. The summed E-state index contributed by atoms with van der Waals surface area (Å²) < 4.78 is 177. The highest BCUT2D eigenvalue weighted by Crippen LogP contribution is 2.67.